The van der Waals surface area contributed by atoms with Gasteiger partial charge in [-0.15, -0.1) is 0 Å². The Morgan fingerprint density at radius 3 is 2.68 bits per heavy atom. The second-order valence-electron chi connectivity index (χ2n) is 9.26. The standard InChI is InChI=1S/C26H34N2O3/c1-18-7-8-19(2)23(16-18)27-24(29)17-28-15-14-26(30)13-5-4-6-22(26)25(28)20-9-11-21(31-3)12-10-20/h7-12,16,22,25,30H,4-6,13-15,17H2,1-3H3,(H,27,29)/t22-,25+,26-/m1/s1. The van der Waals surface area contributed by atoms with Crippen molar-refractivity contribution >= 4 is 11.6 Å². The van der Waals surface area contributed by atoms with E-state index in [1.807, 2.05) is 38.1 Å². The van der Waals surface area contributed by atoms with Gasteiger partial charge in [0.1, 0.15) is 5.75 Å². The second-order valence-corrected chi connectivity index (χ2v) is 9.26. The van der Waals surface area contributed by atoms with Crippen LogP contribution >= 0.6 is 0 Å². The van der Waals surface area contributed by atoms with Gasteiger partial charge in [-0.05, 0) is 68.0 Å². The summed E-state index contributed by atoms with van der Waals surface area (Å²) in [5.41, 5.74) is 3.57. The number of benzene rings is 2. The summed E-state index contributed by atoms with van der Waals surface area (Å²) in [5, 5.41) is 14.5. The van der Waals surface area contributed by atoms with Crippen molar-refractivity contribution in [1.82, 2.24) is 4.90 Å². The Labute approximate surface area is 185 Å². The monoisotopic (exact) mass is 422 g/mol. The molecule has 5 heteroatoms. The zero-order valence-corrected chi connectivity index (χ0v) is 18.9. The fraction of sp³-hybridized carbons (Fsp3) is 0.500. The minimum atomic E-state index is -0.636. The van der Waals surface area contributed by atoms with Crippen LogP contribution in [0.3, 0.4) is 0 Å². The number of hydrogen-bond acceptors (Lipinski definition) is 4. The van der Waals surface area contributed by atoms with Crippen LogP contribution in [0.1, 0.15) is 54.8 Å². The van der Waals surface area contributed by atoms with Crippen molar-refractivity contribution in [3.8, 4) is 5.75 Å². The average molecular weight is 423 g/mol. The molecule has 2 aliphatic rings. The van der Waals surface area contributed by atoms with Gasteiger partial charge in [0.05, 0.1) is 19.3 Å². The zero-order chi connectivity index (χ0) is 22.0. The third-order valence-electron chi connectivity index (χ3n) is 7.14. The largest absolute Gasteiger partial charge is 0.497 e. The smallest absolute Gasteiger partial charge is 0.238 e. The van der Waals surface area contributed by atoms with Crippen LogP contribution in [0.2, 0.25) is 0 Å². The number of ether oxygens (including phenoxy) is 1. The number of carbonyl (C=O) groups excluding carboxylic acids is 1. The molecule has 2 aromatic rings. The zero-order valence-electron chi connectivity index (χ0n) is 18.9. The molecule has 2 N–H and O–H groups in total. The lowest BCUT2D eigenvalue weighted by atomic mass is 9.66. The quantitative estimate of drug-likeness (QED) is 0.738. The Balaban J connectivity index is 1.58. The summed E-state index contributed by atoms with van der Waals surface area (Å²) in [6, 6.07) is 14.2. The predicted octanol–water partition coefficient (Wildman–Crippen LogP) is 4.62. The van der Waals surface area contributed by atoms with Gasteiger partial charge >= 0.3 is 0 Å². The highest BCUT2D eigenvalue weighted by atomic mass is 16.5. The molecule has 166 valence electrons. The van der Waals surface area contributed by atoms with Gasteiger partial charge in [-0.2, -0.15) is 0 Å². The molecule has 1 amide bonds. The minimum Gasteiger partial charge on any atom is -0.497 e. The van der Waals surface area contributed by atoms with E-state index in [2.05, 4.69) is 28.4 Å². The Bertz CT molecular complexity index is 927. The van der Waals surface area contributed by atoms with Gasteiger partial charge in [0, 0.05) is 24.2 Å². The number of nitrogens with zero attached hydrogens (tertiary/aromatic N) is 1. The predicted molar refractivity (Wildman–Crippen MR) is 123 cm³/mol. The van der Waals surface area contributed by atoms with Crippen LogP contribution in [0.4, 0.5) is 5.69 Å². The lowest BCUT2D eigenvalue weighted by Gasteiger charge is -2.52. The van der Waals surface area contributed by atoms with Crippen LogP contribution in [0.15, 0.2) is 42.5 Å². The molecular weight excluding hydrogens is 388 g/mol. The molecule has 1 saturated carbocycles. The number of rotatable bonds is 5. The molecule has 31 heavy (non-hydrogen) atoms. The molecule has 1 saturated heterocycles. The molecular formula is C26H34N2O3. The van der Waals surface area contributed by atoms with Crippen molar-refractivity contribution in [2.24, 2.45) is 5.92 Å². The van der Waals surface area contributed by atoms with E-state index in [1.165, 1.54) is 0 Å². The van der Waals surface area contributed by atoms with Crippen LogP contribution < -0.4 is 10.1 Å². The minimum absolute atomic E-state index is 0.00605. The summed E-state index contributed by atoms with van der Waals surface area (Å²) in [7, 11) is 1.67. The fourth-order valence-corrected chi connectivity index (χ4v) is 5.41. The van der Waals surface area contributed by atoms with E-state index < -0.39 is 5.60 Å². The number of methoxy groups -OCH3 is 1. The first-order valence-electron chi connectivity index (χ1n) is 11.4. The summed E-state index contributed by atoms with van der Waals surface area (Å²) in [4.78, 5) is 15.3. The van der Waals surface area contributed by atoms with Crippen LogP contribution in [-0.2, 0) is 4.79 Å². The summed E-state index contributed by atoms with van der Waals surface area (Å²) in [6.07, 6.45) is 4.77. The molecule has 0 aromatic heterocycles. The van der Waals surface area contributed by atoms with Crippen molar-refractivity contribution in [3.63, 3.8) is 0 Å². The molecule has 0 bridgehead atoms. The highest BCUT2D eigenvalue weighted by Gasteiger charge is 2.49. The number of aryl methyl sites for hydroxylation is 2. The van der Waals surface area contributed by atoms with Gasteiger partial charge < -0.3 is 15.2 Å². The number of carbonyl (C=O) groups is 1. The summed E-state index contributed by atoms with van der Waals surface area (Å²) < 4.78 is 5.33. The lowest BCUT2D eigenvalue weighted by molar-refractivity contribution is -0.135. The number of aliphatic hydroxyl groups is 1. The first kappa shape index (κ1) is 21.8. The lowest BCUT2D eigenvalue weighted by Crippen LogP contribution is -2.56. The average Bonchev–Trinajstić information content (AvgIpc) is 2.76. The van der Waals surface area contributed by atoms with Crippen molar-refractivity contribution in [1.29, 1.82) is 0 Å². The first-order chi connectivity index (χ1) is 14.9. The van der Waals surface area contributed by atoms with E-state index in [0.717, 1.165) is 60.2 Å². The van der Waals surface area contributed by atoms with Gasteiger partial charge in [0.25, 0.3) is 0 Å². The van der Waals surface area contributed by atoms with Crippen molar-refractivity contribution in [3.05, 3.63) is 59.2 Å². The molecule has 5 nitrogen and oxygen atoms in total. The van der Waals surface area contributed by atoms with Gasteiger partial charge in [-0.3, -0.25) is 9.69 Å². The molecule has 2 aromatic carbocycles. The van der Waals surface area contributed by atoms with Crippen molar-refractivity contribution in [2.45, 2.75) is 57.6 Å². The fourth-order valence-electron chi connectivity index (χ4n) is 5.41. The van der Waals surface area contributed by atoms with E-state index in [1.54, 1.807) is 7.11 Å². The Morgan fingerprint density at radius 2 is 1.94 bits per heavy atom. The maximum atomic E-state index is 13.0. The van der Waals surface area contributed by atoms with E-state index in [-0.39, 0.29) is 17.9 Å². The van der Waals surface area contributed by atoms with Gasteiger partial charge in [0.15, 0.2) is 0 Å². The highest BCUT2D eigenvalue weighted by molar-refractivity contribution is 5.93. The van der Waals surface area contributed by atoms with Crippen molar-refractivity contribution in [2.75, 3.05) is 25.5 Å². The van der Waals surface area contributed by atoms with E-state index in [9.17, 15) is 9.90 Å². The van der Waals surface area contributed by atoms with E-state index in [4.69, 9.17) is 4.74 Å². The summed E-state index contributed by atoms with van der Waals surface area (Å²) in [6.45, 7) is 5.07. The molecule has 1 heterocycles. The summed E-state index contributed by atoms with van der Waals surface area (Å²) in [5.74, 6) is 0.947. The first-order valence-corrected chi connectivity index (χ1v) is 11.4. The number of piperidine rings is 1. The van der Waals surface area contributed by atoms with Crippen LogP contribution in [0, 0.1) is 19.8 Å². The van der Waals surface area contributed by atoms with Crippen LogP contribution in [0.5, 0.6) is 5.75 Å². The molecule has 0 unspecified atom stereocenters. The van der Waals surface area contributed by atoms with Gasteiger partial charge in [0.2, 0.25) is 5.91 Å². The number of fused-ring (bicyclic) bond motifs is 1. The SMILES string of the molecule is COc1ccc([C@H]2[C@H]3CCCC[C@@]3(O)CCN2CC(=O)Nc2cc(C)ccc2C)cc1. The number of amides is 1. The number of nitrogens with one attached hydrogen (secondary N) is 1. The Hall–Kier alpha value is -2.37. The molecule has 1 aliphatic carbocycles. The maximum Gasteiger partial charge on any atom is 0.238 e. The molecule has 1 aliphatic heterocycles. The second kappa shape index (κ2) is 9.01. The molecule has 0 radical (unpaired) electrons. The topological polar surface area (TPSA) is 61.8 Å². The number of anilines is 1. The third kappa shape index (κ3) is 4.63. The number of hydrogen-bond donors (Lipinski definition) is 2. The normalized spacial score (nSPS) is 26.2. The molecule has 4 rings (SSSR count). The Morgan fingerprint density at radius 1 is 1.16 bits per heavy atom. The van der Waals surface area contributed by atoms with Gasteiger partial charge in [-0.25, -0.2) is 0 Å². The summed E-state index contributed by atoms with van der Waals surface area (Å²) >= 11 is 0. The van der Waals surface area contributed by atoms with E-state index >= 15 is 0 Å². The van der Waals surface area contributed by atoms with Crippen LogP contribution in [-0.4, -0.2) is 41.7 Å². The molecule has 2 fully saturated rings. The van der Waals surface area contributed by atoms with Crippen LogP contribution in [0.25, 0.3) is 0 Å². The third-order valence-corrected chi connectivity index (χ3v) is 7.14. The van der Waals surface area contributed by atoms with Crippen molar-refractivity contribution < 1.29 is 14.6 Å². The van der Waals surface area contributed by atoms with E-state index in [0.29, 0.717) is 13.1 Å². The maximum absolute atomic E-state index is 13.0. The highest BCUT2D eigenvalue weighted by Crippen LogP contribution is 2.49. The number of likely N-dealkylation sites (tertiary alicyclic amines) is 1. The molecule has 0 spiro atoms. The Kier molecular flexibility index (Phi) is 6.35. The van der Waals surface area contributed by atoms with Gasteiger partial charge in [-0.1, -0.05) is 37.1 Å². The molecule has 3 atom stereocenters.